The van der Waals surface area contributed by atoms with Gasteiger partial charge in [0.15, 0.2) is 5.17 Å². The molecule has 2 amide bonds. The van der Waals surface area contributed by atoms with Crippen molar-refractivity contribution in [2.75, 3.05) is 5.32 Å². The molecule has 2 aromatic carbocycles. The Kier molecular flexibility index (Phi) is 5.65. The predicted molar refractivity (Wildman–Crippen MR) is 112 cm³/mol. The number of nitrogens with zero attached hydrogens (tertiary/aromatic N) is 1. The first-order chi connectivity index (χ1) is 12.8. The van der Waals surface area contributed by atoms with Gasteiger partial charge >= 0.3 is 0 Å². The lowest BCUT2D eigenvalue weighted by atomic mass is 10.1. The number of amides is 2. The number of thioether (sulfide) groups is 1. The van der Waals surface area contributed by atoms with E-state index in [1.54, 1.807) is 0 Å². The first-order valence-electron chi connectivity index (χ1n) is 8.82. The van der Waals surface area contributed by atoms with E-state index in [9.17, 15) is 9.59 Å². The zero-order chi connectivity index (χ0) is 19.6. The number of aliphatic imine (C=N–C) groups is 1. The number of anilines is 1. The van der Waals surface area contributed by atoms with Crippen LogP contribution in [0.4, 0.5) is 11.4 Å². The molecule has 1 heterocycles. The molecule has 1 saturated heterocycles. The second-order valence-corrected chi connectivity index (χ2v) is 8.04. The van der Waals surface area contributed by atoms with Crippen molar-refractivity contribution in [2.24, 2.45) is 4.99 Å². The van der Waals surface area contributed by atoms with Gasteiger partial charge in [-0.15, -0.1) is 0 Å². The Morgan fingerprint density at radius 1 is 1.07 bits per heavy atom. The molecule has 27 heavy (non-hydrogen) atoms. The molecule has 2 aromatic rings. The summed E-state index contributed by atoms with van der Waals surface area (Å²) in [6.07, 6.45) is 0.107. The minimum atomic E-state index is -0.472. The van der Waals surface area contributed by atoms with Crippen LogP contribution in [-0.2, 0) is 9.59 Å². The van der Waals surface area contributed by atoms with Gasteiger partial charge in [-0.05, 0) is 68.1 Å². The Morgan fingerprint density at radius 3 is 2.56 bits per heavy atom. The number of rotatable bonds is 4. The van der Waals surface area contributed by atoms with E-state index in [4.69, 9.17) is 0 Å². The molecule has 1 aliphatic heterocycles. The van der Waals surface area contributed by atoms with Crippen molar-refractivity contribution in [3.63, 3.8) is 0 Å². The molecule has 0 saturated carbocycles. The van der Waals surface area contributed by atoms with E-state index in [0.29, 0.717) is 5.17 Å². The summed E-state index contributed by atoms with van der Waals surface area (Å²) in [5, 5.41) is 5.74. The molecule has 0 unspecified atom stereocenters. The lowest BCUT2D eigenvalue weighted by Crippen LogP contribution is -2.28. The molecule has 0 bridgehead atoms. The molecule has 0 radical (unpaired) electrons. The average Bonchev–Trinajstić information content (AvgIpc) is 2.93. The fourth-order valence-electron chi connectivity index (χ4n) is 2.74. The third kappa shape index (κ3) is 4.77. The van der Waals surface area contributed by atoms with Crippen LogP contribution >= 0.6 is 11.8 Å². The molecule has 6 heteroatoms. The molecule has 1 fully saturated rings. The van der Waals surface area contributed by atoms with Crippen LogP contribution in [0.15, 0.2) is 41.4 Å². The Bertz CT molecular complexity index is 937. The Hall–Kier alpha value is -2.60. The summed E-state index contributed by atoms with van der Waals surface area (Å²) in [6, 6.07) is 11.8. The van der Waals surface area contributed by atoms with Crippen molar-refractivity contribution in [2.45, 2.75) is 39.4 Å². The maximum atomic E-state index is 12.4. The van der Waals surface area contributed by atoms with Crippen LogP contribution in [0.3, 0.4) is 0 Å². The first kappa shape index (κ1) is 19.2. The number of carbonyl (C=O) groups is 2. The number of hydrogen-bond acceptors (Lipinski definition) is 4. The van der Waals surface area contributed by atoms with Gasteiger partial charge in [0, 0.05) is 12.1 Å². The Labute approximate surface area is 163 Å². The predicted octanol–water partition coefficient (Wildman–Crippen LogP) is 4.17. The summed E-state index contributed by atoms with van der Waals surface area (Å²) in [5.74, 6) is -0.359. The normalized spacial score (nSPS) is 17.9. The highest BCUT2D eigenvalue weighted by Crippen LogP contribution is 2.27. The third-order valence-electron chi connectivity index (χ3n) is 4.54. The largest absolute Gasteiger partial charge is 0.326 e. The van der Waals surface area contributed by atoms with Gasteiger partial charge in [0.2, 0.25) is 11.8 Å². The van der Waals surface area contributed by atoms with Gasteiger partial charge in [-0.2, -0.15) is 0 Å². The van der Waals surface area contributed by atoms with E-state index >= 15 is 0 Å². The molecule has 5 nitrogen and oxygen atoms in total. The highest BCUT2D eigenvalue weighted by atomic mass is 32.2. The van der Waals surface area contributed by atoms with Gasteiger partial charge in [0.25, 0.3) is 0 Å². The maximum Gasteiger partial charge on any atom is 0.240 e. The van der Waals surface area contributed by atoms with Crippen molar-refractivity contribution in [1.82, 2.24) is 5.32 Å². The van der Waals surface area contributed by atoms with Crippen LogP contribution in [0.2, 0.25) is 0 Å². The number of benzene rings is 2. The molecule has 0 aliphatic carbocycles. The van der Waals surface area contributed by atoms with E-state index in [-0.39, 0.29) is 18.2 Å². The van der Waals surface area contributed by atoms with Crippen molar-refractivity contribution in [1.29, 1.82) is 0 Å². The summed E-state index contributed by atoms with van der Waals surface area (Å²) >= 11 is 1.30. The smallest absolute Gasteiger partial charge is 0.240 e. The highest BCUT2D eigenvalue weighted by Gasteiger charge is 2.32. The number of aryl methyl sites for hydroxylation is 4. The molecule has 140 valence electrons. The Morgan fingerprint density at radius 2 is 1.81 bits per heavy atom. The highest BCUT2D eigenvalue weighted by molar-refractivity contribution is 8.15. The summed E-state index contributed by atoms with van der Waals surface area (Å²) in [5.41, 5.74) is 5.99. The molecule has 0 spiro atoms. The Balaban J connectivity index is 1.65. The summed E-state index contributed by atoms with van der Waals surface area (Å²) in [7, 11) is 0. The number of hydrogen-bond donors (Lipinski definition) is 2. The molecular formula is C21H23N3O2S. The molecule has 1 atom stereocenters. The first-order valence-corrected chi connectivity index (χ1v) is 9.70. The zero-order valence-corrected chi connectivity index (χ0v) is 16.7. The maximum absolute atomic E-state index is 12.4. The van der Waals surface area contributed by atoms with E-state index in [0.717, 1.165) is 28.1 Å². The van der Waals surface area contributed by atoms with Gasteiger partial charge in [-0.1, -0.05) is 30.0 Å². The van der Waals surface area contributed by atoms with Crippen molar-refractivity contribution in [3.05, 3.63) is 58.7 Å². The number of amidine groups is 1. The third-order valence-corrected chi connectivity index (χ3v) is 5.62. The monoisotopic (exact) mass is 381 g/mol. The van der Waals surface area contributed by atoms with Crippen LogP contribution in [0.25, 0.3) is 0 Å². The van der Waals surface area contributed by atoms with Gasteiger partial charge in [-0.3, -0.25) is 9.59 Å². The van der Waals surface area contributed by atoms with Crippen molar-refractivity contribution >= 4 is 40.1 Å². The zero-order valence-electron chi connectivity index (χ0n) is 15.9. The number of nitrogens with one attached hydrogen (secondary N) is 2. The SMILES string of the molecule is Cc1ccc(C)c(NC(=O)C[C@H]2SC(=Nc3ccc(C)c(C)c3)NC2=O)c1. The molecule has 2 N–H and O–H groups in total. The van der Waals surface area contributed by atoms with Crippen LogP contribution in [0.1, 0.15) is 28.7 Å². The summed E-state index contributed by atoms with van der Waals surface area (Å²) in [6.45, 7) is 7.99. The minimum Gasteiger partial charge on any atom is -0.326 e. The van der Waals surface area contributed by atoms with Gasteiger partial charge in [-0.25, -0.2) is 4.99 Å². The average molecular weight is 382 g/mol. The minimum absolute atomic E-state index is 0.107. The molecule has 1 aliphatic rings. The lowest BCUT2D eigenvalue weighted by molar-refractivity contribution is -0.122. The van der Waals surface area contributed by atoms with Crippen LogP contribution < -0.4 is 10.6 Å². The molecule has 0 aromatic heterocycles. The topological polar surface area (TPSA) is 70.6 Å². The summed E-state index contributed by atoms with van der Waals surface area (Å²) in [4.78, 5) is 29.1. The number of carbonyl (C=O) groups excluding carboxylic acids is 2. The van der Waals surface area contributed by atoms with Crippen molar-refractivity contribution in [3.8, 4) is 0 Å². The fourth-order valence-corrected chi connectivity index (χ4v) is 3.73. The van der Waals surface area contributed by atoms with Crippen LogP contribution in [-0.4, -0.2) is 22.2 Å². The van der Waals surface area contributed by atoms with E-state index in [1.165, 1.54) is 17.3 Å². The fraction of sp³-hybridized carbons (Fsp3) is 0.286. The second kappa shape index (κ2) is 7.96. The quantitative estimate of drug-likeness (QED) is 0.835. The summed E-state index contributed by atoms with van der Waals surface area (Å²) < 4.78 is 0. The molecular weight excluding hydrogens is 358 g/mol. The molecule has 3 rings (SSSR count). The van der Waals surface area contributed by atoms with E-state index in [1.807, 2.05) is 64.1 Å². The van der Waals surface area contributed by atoms with Gasteiger partial charge in [0.1, 0.15) is 5.25 Å². The van der Waals surface area contributed by atoms with E-state index < -0.39 is 5.25 Å². The van der Waals surface area contributed by atoms with Gasteiger partial charge in [0.05, 0.1) is 5.69 Å². The van der Waals surface area contributed by atoms with Gasteiger partial charge < -0.3 is 10.6 Å². The van der Waals surface area contributed by atoms with Crippen molar-refractivity contribution < 1.29 is 9.59 Å². The van der Waals surface area contributed by atoms with Crippen LogP contribution in [0, 0.1) is 27.7 Å². The van der Waals surface area contributed by atoms with Crippen LogP contribution in [0.5, 0.6) is 0 Å². The lowest BCUT2D eigenvalue weighted by Gasteiger charge is -2.10. The second-order valence-electron chi connectivity index (χ2n) is 6.85. The van der Waals surface area contributed by atoms with E-state index in [2.05, 4.69) is 15.6 Å². The standard InChI is InChI=1S/C21H23N3O2S/c1-12-5-6-14(3)17(9-12)23-19(25)11-18-20(26)24-21(27-18)22-16-8-7-13(2)15(4)10-16/h5-10,18H,11H2,1-4H3,(H,23,25)(H,22,24,26)/t18-/m1/s1.